The number of amides is 1. The number of halogens is 2. The van der Waals surface area contributed by atoms with Crippen molar-refractivity contribution in [2.45, 2.75) is 6.92 Å². The molecule has 0 radical (unpaired) electrons. The first-order chi connectivity index (χ1) is 11.3. The second-order valence-corrected chi connectivity index (χ2v) is 5.49. The van der Waals surface area contributed by atoms with Gasteiger partial charge in [0.1, 0.15) is 5.82 Å². The number of hydrogen-bond acceptors (Lipinski definition) is 3. The van der Waals surface area contributed by atoms with Crippen molar-refractivity contribution < 1.29 is 9.18 Å². The van der Waals surface area contributed by atoms with Crippen LogP contribution in [0.25, 0.3) is 5.69 Å². The zero-order valence-corrected chi connectivity index (χ0v) is 13.9. The van der Waals surface area contributed by atoms with Gasteiger partial charge in [0.2, 0.25) is 0 Å². The van der Waals surface area contributed by atoms with Crippen molar-refractivity contribution in [2.24, 2.45) is 7.05 Å². The molecule has 0 spiro atoms. The number of nitrogens with zero attached hydrogens (tertiary/aromatic N) is 2. The van der Waals surface area contributed by atoms with Gasteiger partial charge in [-0.25, -0.2) is 13.8 Å². The summed E-state index contributed by atoms with van der Waals surface area (Å²) in [5.74, 6) is -1.46. The molecule has 0 saturated heterocycles. The maximum absolute atomic E-state index is 14.3. The molecule has 1 aromatic carbocycles. The molecule has 0 bridgehead atoms. The van der Waals surface area contributed by atoms with Crippen LogP contribution in [-0.4, -0.2) is 21.6 Å². The van der Waals surface area contributed by atoms with E-state index in [-0.39, 0.29) is 22.8 Å². The van der Waals surface area contributed by atoms with Crippen LogP contribution in [0.3, 0.4) is 0 Å². The van der Waals surface area contributed by atoms with E-state index in [1.165, 1.54) is 23.8 Å². The second kappa shape index (κ2) is 6.84. The fraction of sp³-hybridized carbons (Fsp3) is 0.188. The number of hydrogen-bond donors (Lipinski definition) is 1. The predicted octanol–water partition coefficient (Wildman–Crippen LogP) is 1.55. The highest BCUT2D eigenvalue weighted by Crippen LogP contribution is 2.22. The van der Waals surface area contributed by atoms with Crippen molar-refractivity contribution in [1.29, 1.82) is 0 Å². The molecule has 1 heterocycles. The molecule has 0 unspecified atom stereocenters. The number of rotatable bonds is 4. The molecule has 1 aromatic heterocycles. The lowest BCUT2D eigenvalue weighted by Gasteiger charge is -2.12. The molecule has 2 rings (SSSR count). The summed E-state index contributed by atoms with van der Waals surface area (Å²) in [5, 5.41) is 2.37. The van der Waals surface area contributed by atoms with Crippen molar-refractivity contribution in [3.63, 3.8) is 0 Å². The lowest BCUT2D eigenvalue weighted by Crippen LogP contribution is -2.39. The lowest BCUT2D eigenvalue weighted by atomic mass is 10.1. The molecule has 8 heteroatoms. The Morgan fingerprint density at radius 3 is 2.67 bits per heavy atom. The van der Waals surface area contributed by atoms with E-state index in [2.05, 4.69) is 11.9 Å². The molecule has 0 saturated carbocycles. The van der Waals surface area contributed by atoms with Crippen molar-refractivity contribution in [3.05, 3.63) is 73.8 Å². The molecule has 126 valence electrons. The quantitative estimate of drug-likeness (QED) is 0.849. The Bertz CT molecular complexity index is 947. The van der Waals surface area contributed by atoms with E-state index in [1.807, 2.05) is 0 Å². The van der Waals surface area contributed by atoms with Gasteiger partial charge >= 0.3 is 5.69 Å². The maximum Gasteiger partial charge on any atom is 0.335 e. The standard InChI is InChI=1S/C16H15ClFN3O3/c1-4-5-19-15(23)10-7-13(12(18)8-11(10)17)21-14(22)6-9(2)20(3)16(21)24/h4,6-8H,1,5H2,2-3H3,(H,19,23). The minimum atomic E-state index is -0.886. The van der Waals surface area contributed by atoms with Crippen LogP contribution in [0.1, 0.15) is 16.1 Å². The molecule has 0 aliphatic heterocycles. The van der Waals surface area contributed by atoms with E-state index in [1.54, 1.807) is 6.92 Å². The minimum absolute atomic E-state index is 0.0514. The Morgan fingerprint density at radius 1 is 1.38 bits per heavy atom. The van der Waals surface area contributed by atoms with Crippen molar-refractivity contribution in [3.8, 4) is 5.69 Å². The van der Waals surface area contributed by atoms with Gasteiger partial charge in [-0.15, -0.1) is 6.58 Å². The van der Waals surface area contributed by atoms with E-state index < -0.39 is 23.0 Å². The van der Waals surface area contributed by atoms with E-state index in [0.717, 1.165) is 12.1 Å². The molecular weight excluding hydrogens is 337 g/mol. The van der Waals surface area contributed by atoms with Crippen LogP contribution in [0.5, 0.6) is 0 Å². The fourth-order valence-electron chi connectivity index (χ4n) is 2.10. The van der Waals surface area contributed by atoms with Gasteiger partial charge in [0.25, 0.3) is 11.5 Å². The monoisotopic (exact) mass is 351 g/mol. The molecular formula is C16H15ClFN3O3. The average Bonchev–Trinajstić information content (AvgIpc) is 2.52. The van der Waals surface area contributed by atoms with E-state index in [4.69, 9.17) is 11.6 Å². The summed E-state index contributed by atoms with van der Waals surface area (Å²) in [7, 11) is 1.46. The largest absolute Gasteiger partial charge is 0.349 e. The third kappa shape index (κ3) is 3.16. The summed E-state index contributed by atoms with van der Waals surface area (Å²) in [6, 6.07) is 3.17. The first-order valence-corrected chi connectivity index (χ1v) is 7.34. The highest BCUT2D eigenvalue weighted by molar-refractivity contribution is 6.34. The van der Waals surface area contributed by atoms with Gasteiger partial charge in [0.15, 0.2) is 0 Å². The van der Waals surface area contributed by atoms with Crippen molar-refractivity contribution >= 4 is 17.5 Å². The van der Waals surface area contributed by atoms with E-state index in [9.17, 15) is 18.8 Å². The maximum atomic E-state index is 14.3. The summed E-state index contributed by atoms with van der Waals surface area (Å²) < 4.78 is 16.1. The van der Waals surface area contributed by atoms with Crippen LogP contribution in [-0.2, 0) is 7.05 Å². The predicted molar refractivity (Wildman–Crippen MR) is 89.5 cm³/mol. The van der Waals surface area contributed by atoms with Gasteiger partial charge in [-0.3, -0.25) is 9.59 Å². The molecule has 0 atom stereocenters. The van der Waals surface area contributed by atoms with Crippen LogP contribution >= 0.6 is 11.6 Å². The van der Waals surface area contributed by atoms with Crippen LogP contribution in [0.4, 0.5) is 4.39 Å². The summed E-state index contributed by atoms with van der Waals surface area (Å²) in [6.45, 7) is 5.24. The number of carbonyl (C=O) groups is 1. The van der Waals surface area contributed by atoms with Crippen molar-refractivity contribution in [1.82, 2.24) is 14.5 Å². The van der Waals surface area contributed by atoms with Crippen LogP contribution in [0.2, 0.25) is 5.02 Å². The van der Waals surface area contributed by atoms with Crippen molar-refractivity contribution in [2.75, 3.05) is 6.54 Å². The molecule has 1 amide bonds. The average molecular weight is 352 g/mol. The molecule has 0 aliphatic rings. The minimum Gasteiger partial charge on any atom is -0.349 e. The fourth-order valence-corrected chi connectivity index (χ4v) is 2.34. The smallest absolute Gasteiger partial charge is 0.335 e. The van der Waals surface area contributed by atoms with Crippen LogP contribution in [0.15, 0.2) is 40.4 Å². The highest BCUT2D eigenvalue weighted by Gasteiger charge is 2.18. The molecule has 0 aliphatic carbocycles. The first-order valence-electron chi connectivity index (χ1n) is 6.96. The summed E-state index contributed by atoms with van der Waals surface area (Å²) in [5.41, 5.74) is -1.38. The third-order valence-corrected chi connectivity index (χ3v) is 3.80. The Kier molecular flexibility index (Phi) is 5.04. The third-order valence-electron chi connectivity index (χ3n) is 3.49. The van der Waals surface area contributed by atoms with E-state index >= 15 is 0 Å². The highest BCUT2D eigenvalue weighted by atomic mass is 35.5. The zero-order valence-electron chi connectivity index (χ0n) is 13.1. The molecule has 6 nitrogen and oxygen atoms in total. The number of nitrogens with one attached hydrogen (secondary N) is 1. The molecule has 24 heavy (non-hydrogen) atoms. The number of aromatic nitrogens is 2. The lowest BCUT2D eigenvalue weighted by molar-refractivity contribution is 0.0958. The summed E-state index contributed by atoms with van der Waals surface area (Å²) >= 11 is 5.90. The SMILES string of the molecule is C=CCNC(=O)c1cc(-n2c(=O)cc(C)n(C)c2=O)c(F)cc1Cl. The second-order valence-electron chi connectivity index (χ2n) is 5.08. The normalized spacial score (nSPS) is 10.5. The number of benzene rings is 1. The Balaban J connectivity index is 2.71. The number of carbonyl (C=O) groups excluding carboxylic acids is 1. The topological polar surface area (TPSA) is 73.1 Å². The van der Waals surface area contributed by atoms with Crippen LogP contribution < -0.4 is 16.6 Å². The van der Waals surface area contributed by atoms with Gasteiger partial charge in [0, 0.05) is 25.4 Å². The van der Waals surface area contributed by atoms with Gasteiger partial charge in [-0.05, 0) is 19.1 Å². The van der Waals surface area contributed by atoms with Gasteiger partial charge in [-0.2, -0.15) is 0 Å². The Labute approximate surface area is 141 Å². The molecule has 0 fully saturated rings. The summed E-state index contributed by atoms with van der Waals surface area (Å²) in [6.07, 6.45) is 1.47. The molecule has 2 aromatic rings. The van der Waals surface area contributed by atoms with Crippen LogP contribution in [0, 0.1) is 12.7 Å². The first kappa shape index (κ1) is 17.7. The van der Waals surface area contributed by atoms with Gasteiger partial charge in [-0.1, -0.05) is 17.7 Å². The van der Waals surface area contributed by atoms with Gasteiger partial charge in [0.05, 0.1) is 16.3 Å². The van der Waals surface area contributed by atoms with E-state index in [0.29, 0.717) is 10.3 Å². The van der Waals surface area contributed by atoms with Gasteiger partial charge < -0.3 is 9.88 Å². The summed E-state index contributed by atoms with van der Waals surface area (Å²) in [4.78, 5) is 36.5. The molecule has 1 N–H and O–H groups in total. The number of aryl methyl sites for hydroxylation is 1. The zero-order chi connectivity index (χ0) is 18.0. The Morgan fingerprint density at radius 2 is 2.04 bits per heavy atom. The Hall–Kier alpha value is -2.67.